The average molecular weight is 221 g/mol. The number of hydrogen-bond acceptors (Lipinski definition) is 3. The van der Waals surface area contributed by atoms with E-state index in [1.165, 1.54) is 15.9 Å². The summed E-state index contributed by atoms with van der Waals surface area (Å²) in [4.78, 5) is 11.8. The molecule has 70 valence electrons. The Labute approximate surface area is 90.4 Å². The molecule has 2 aromatic rings. The van der Waals surface area contributed by atoms with Crippen molar-refractivity contribution in [2.75, 3.05) is 0 Å². The minimum atomic E-state index is -0.0724. The third-order valence-corrected chi connectivity index (χ3v) is 2.96. The summed E-state index contributed by atoms with van der Waals surface area (Å²) in [5, 5.41) is 1.81. The van der Waals surface area contributed by atoms with Crippen LogP contribution in [0.5, 0.6) is 0 Å². The van der Waals surface area contributed by atoms with Crippen molar-refractivity contribution in [3.63, 3.8) is 0 Å². The van der Waals surface area contributed by atoms with Crippen molar-refractivity contribution in [1.82, 2.24) is 4.57 Å². The van der Waals surface area contributed by atoms with Crippen LogP contribution in [0.2, 0.25) is 0 Å². The molecule has 1 aromatic carbocycles. The Balaban J connectivity index is 2.44. The third-order valence-electron chi connectivity index (χ3n) is 1.82. The second-order valence-electron chi connectivity index (χ2n) is 2.71. The first-order valence-corrected chi connectivity index (χ1v) is 5.34. The molecule has 0 amide bonds. The molecule has 2 rings (SSSR count). The number of benzene rings is 1. The van der Waals surface area contributed by atoms with Crippen LogP contribution in [0.15, 0.2) is 41.9 Å². The highest BCUT2D eigenvalue weighted by molar-refractivity contribution is 7.73. The number of carbonyl (C=O) groups excluding carboxylic acids is 1. The summed E-state index contributed by atoms with van der Waals surface area (Å²) in [5.74, 6) is -0.0724. The van der Waals surface area contributed by atoms with E-state index in [0.29, 0.717) is 9.52 Å². The van der Waals surface area contributed by atoms with Crippen molar-refractivity contribution < 1.29 is 4.79 Å². The highest BCUT2D eigenvalue weighted by atomic mass is 32.1. The van der Waals surface area contributed by atoms with Gasteiger partial charge in [0.15, 0.2) is 3.95 Å². The lowest BCUT2D eigenvalue weighted by molar-refractivity contribution is 0.0959. The maximum atomic E-state index is 11.8. The first-order chi connectivity index (χ1) is 6.79. The summed E-state index contributed by atoms with van der Waals surface area (Å²) in [6.07, 6.45) is 1.70. The minimum Gasteiger partial charge on any atom is -0.268 e. The number of nitrogens with zero attached hydrogens (tertiary/aromatic N) is 1. The van der Waals surface area contributed by atoms with E-state index in [-0.39, 0.29) is 5.91 Å². The summed E-state index contributed by atoms with van der Waals surface area (Å²) < 4.78 is 2.06. The lowest BCUT2D eigenvalue weighted by Gasteiger charge is -1.99. The average Bonchev–Trinajstić information content (AvgIpc) is 2.65. The van der Waals surface area contributed by atoms with Crippen LogP contribution < -0.4 is 0 Å². The molecule has 0 atom stereocenters. The topological polar surface area (TPSA) is 22.0 Å². The summed E-state index contributed by atoms with van der Waals surface area (Å²) >= 11 is 6.41. The Hall–Kier alpha value is -1.26. The summed E-state index contributed by atoms with van der Waals surface area (Å²) in [6.45, 7) is 0. The first kappa shape index (κ1) is 9.30. The zero-order valence-corrected chi connectivity index (χ0v) is 8.85. The molecule has 1 heterocycles. The number of rotatable bonds is 1. The molecule has 0 aliphatic heterocycles. The third kappa shape index (κ3) is 1.66. The minimum absolute atomic E-state index is 0.0724. The second kappa shape index (κ2) is 3.86. The quantitative estimate of drug-likeness (QED) is 0.691. The van der Waals surface area contributed by atoms with Gasteiger partial charge < -0.3 is 0 Å². The van der Waals surface area contributed by atoms with Gasteiger partial charge in [0.05, 0.1) is 0 Å². The molecule has 0 radical (unpaired) electrons. The first-order valence-electron chi connectivity index (χ1n) is 4.05. The monoisotopic (exact) mass is 221 g/mol. The summed E-state index contributed by atoms with van der Waals surface area (Å²) in [7, 11) is 0. The van der Waals surface area contributed by atoms with Crippen LogP contribution in [0.3, 0.4) is 0 Å². The van der Waals surface area contributed by atoms with E-state index in [1.54, 1.807) is 18.3 Å². The van der Waals surface area contributed by atoms with Crippen LogP contribution in [0.25, 0.3) is 0 Å². The molecular formula is C10H7NOS2. The van der Waals surface area contributed by atoms with Gasteiger partial charge in [-0.2, -0.15) is 0 Å². The lowest BCUT2D eigenvalue weighted by atomic mass is 10.2. The molecule has 0 fully saturated rings. The molecule has 1 aromatic heterocycles. The van der Waals surface area contributed by atoms with E-state index < -0.39 is 0 Å². The largest absolute Gasteiger partial charge is 0.268 e. The maximum Gasteiger partial charge on any atom is 0.263 e. The van der Waals surface area contributed by atoms with Crippen LogP contribution >= 0.6 is 23.6 Å². The number of hydrogen-bond donors (Lipinski definition) is 0. The molecule has 0 saturated carbocycles. The molecule has 0 aliphatic carbocycles. The molecular weight excluding hydrogens is 214 g/mol. The van der Waals surface area contributed by atoms with Crippen molar-refractivity contribution in [3.05, 3.63) is 51.4 Å². The molecule has 4 heteroatoms. The van der Waals surface area contributed by atoms with Gasteiger partial charge in [0.1, 0.15) is 0 Å². The van der Waals surface area contributed by atoms with Crippen molar-refractivity contribution in [1.29, 1.82) is 0 Å². The van der Waals surface area contributed by atoms with Gasteiger partial charge in [0.2, 0.25) is 0 Å². The number of thiazole rings is 1. The normalized spacial score (nSPS) is 10.0. The van der Waals surface area contributed by atoms with E-state index in [2.05, 4.69) is 0 Å². The highest BCUT2D eigenvalue weighted by Crippen LogP contribution is 2.07. The summed E-state index contributed by atoms with van der Waals surface area (Å²) in [6, 6.07) is 9.11. The van der Waals surface area contributed by atoms with Crippen LogP contribution in [0.4, 0.5) is 0 Å². The number of carbonyl (C=O) groups is 1. The molecule has 14 heavy (non-hydrogen) atoms. The predicted octanol–water partition coefficient (Wildman–Crippen LogP) is 2.97. The van der Waals surface area contributed by atoms with E-state index >= 15 is 0 Å². The predicted molar refractivity (Wildman–Crippen MR) is 59.3 cm³/mol. The summed E-state index contributed by atoms with van der Waals surface area (Å²) in [5.41, 5.74) is 0.655. The van der Waals surface area contributed by atoms with Crippen molar-refractivity contribution in [2.24, 2.45) is 0 Å². The van der Waals surface area contributed by atoms with Crippen molar-refractivity contribution in [2.45, 2.75) is 0 Å². The van der Waals surface area contributed by atoms with Crippen LogP contribution in [0, 0.1) is 3.95 Å². The second-order valence-corrected chi connectivity index (χ2v) is 4.25. The van der Waals surface area contributed by atoms with Crippen LogP contribution in [-0.2, 0) is 0 Å². The van der Waals surface area contributed by atoms with Gasteiger partial charge in [-0.3, -0.25) is 9.36 Å². The molecule has 2 nitrogen and oxygen atoms in total. The van der Waals surface area contributed by atoms with Gasteiger partial charge in [-0.05, 0) is 24.4 Å². The zero-order valence-electron chi connectivity index (χ0n) is 7.21. The van der Waals surface area contributed by atoms with Crippen molar-refractivity contribution >= 4 is 29.5 Å². The Morgan fingerprint density at radius 2 is 2.00 bits per heavy atom. The zero-order chi connectivity index (χ0) is 9.97. The smallest absolute Gasteiger partial charge is 0.263 e. The highest BCUT2D eigenvalue weighted by Gasteiger charge is 2.07. The fourth-order valence-corrected chi connectivity index (χ4v) is 2.00. The van der Waals surface area contributed by atoms with E-state index in [4.69, 9.17) is 12.2 Å². The Bertz CT molecular complexity index is 498. The Morgan fingerprint density at radius 3 is 2.57 bits per heavy atom. The Morgan fingerprint density at radius 1 is 1.29 bits per heavy atom. The Kier molecular flexibility index (Phi) is 2.56. The lowest BCUT2D eigenvalue weighted by Crippen LogP contribution is -2.09. The van der Waals surface area contributed by atoms with Gasteiger partial charge in [0, 0.05) is 17.1 Å². The SMILES string of the molecule is O=C(c1ccccc1)n1ccsc1=S. The molecule has 0 N–H and O–H groups in total. The molecule has 0 spiro atoms. The van der Waals surface area contributed by atoms with E-state index in [1.807, 2.05) is 23.6 Å². The van der Waals surface area contributed by atoms with Gasteiger partial charge in [-0.1, -0.05) is 18.2 Å². The molecule has 0 bridgehead atoms. The molecule has 0 saturated heterocycles. The van der Waals surface area contributed by atoms with E-state index in [0.717, 1.165) is 0 Å². The van der Waals surface area contributed by atoms with Crippen LogP contribution in [0.1, 0.15) is 10.4 Å². The van der Waals surface area contributed by atoms with Gasteiger partial charge >= 0.3 is 0 Å². The standard InChI is InChI=1S/C10H7NOS2/c12-9(8-4-2-1-3-5-8)11-6-7-14-10(11)13/h1-7H. The van der Waals surface area contributed by atoms with E-state index in [9.17, 15) is 4.79 Å². The van der Waals surface area contributed by atoms with Gasteiger partial charge in [-0.15, -0.1) is 11.3 Å². The molecule has 0 unspecified atom stereocenters. The molecule has 0 aliphatic rings. The maximum absolute atomic E-state index is 11.8. The van der Waals surface area contributed by atoms with Gasteiger partial charge in [-0.25, -0.2) is 0 Å². The van der Waals surface area contributed by atoms with Crippen molar-refractivity contribution in [3.8, 4) is 0 Å². The van der Waals surface area contributed by atoms with Gasteiger partial charge in [0.25, 0.3) is 5.91 Å². The fourth-order valence-electron chi connectivity index (χ4n) is 1.14. The fraction of sp³-hybridized carbons (Fsp3) is 0. The van der Waals surface area contributed by atoms with Crippen LogP contribution in [-0.4, -0.2) is 10.5 Å². The number of aromatic nitrogens is 1.